The van der Waals surface area contributed by atoms with E-state index in [0.717, 1.165) is 12.1 Å². The number of nitrogens with two attached hydrogens (primary N) is 1. The molecule has 1 aromatic rings. The summed E-state index contributed by atoms with van der Waals surface area (Å²) in [5.74, 6) is -0.425. The Morgan fingerprint density at radius 1 is 1.56 bits per heavy atom. The van der Waals surface area contributed by atoms with Gasteiger partial charge in [-0.2, -0.15) is 0 Å². The van der Waals surface area contributed by atoms with Gasteiger partial charge in [0, 0.05) is 18.2 Å². The third kappa shape index (κ3) is 2.79. The summed E-state index contributed by atoms with van der Waals surface area (Å²) in [7, 11) is 0. The molecule has 4 nitrogen and oxygen atoms in total. The molecular weight excluding hydrogens is 233 g/mol. The molecule has 3 N–H and O–H groups in total. The molecule has 2 rings (SSSR count). The van der Waals surface area contributed by atoms with Gasteiger partial charge in [0.1, 0.15) is 5.82 Å². The van der Waals surface area contributed by atoms with Crippen LogP contribution in [-0.2, 0) is 6.54 Å². The number of hydrogen-bond donors (Lipinski definition) is 2. The molecule has 1 aliphatic heterocycles. The van der Waals surface area contributed by atoms with E-state index in [-0.39, 0.29) is 11.7 Å². The Morgan fingerprint density at radius 3 is 2.94 bits per heavy atom. The summed E-state index contributed by atoms with van der Waals surface area (Å²) in [4.78, 5) is 2.31. The molecule has 0 radical (unpaired) electrons. The SMILES string of the molecule is CC1CCCN1Cc1cc(F)cc(/C(N)=N/O)c1. The van der Waals surface area contributed by atoms with E-state index in [2.05, 4.69) is 17.0 Å². The first-order valence-corrected chi connectivity index (χ1v) is 6.11. The summed E-state index contributed by atoms with van der Waals surface area (Å²) in [5, 5.41) is 11.5. The minimum atomic E-state index is -0.360. The molecule has 98 valence electrons. The second-order valence-electron chi connectivity index (χ2n) is 4.80. The fourth-order valence-corrected chi connectivity index (χ4v) is 2.41. The molecule has 1 aromatic carbocycles. The number of rotatable bonds is 3. The van der Waals surface area contributed by atoms with Crippen molar-refractivity contribution in [3.8, 4) is 0 Å². The maximum Gasteiger partial charge on any atom is 0.170 e. The summed E-state index contributed by atoms with van der Waals surface area (Å²) in [6, 6.07) is 5.06. The maximum absolute atomic E-state index is 13.5. The second kappa shape index (κ2) is 5.35. The van der Waals surface area contributed by atoms with Gasteiger partial charge in [0.2, 0.25) is 0 Å². The topological polar surface area (TPSA) is 61.8 Å². The number of oxime groups is 1. The van der Waals surface area contributed by atoms with Gasteiger partial charge in [0.25, 0.3) is 0 Å². The normalized spacial score (nSPS) is 21.4. The highest BCUT2D eigenvalue weighted by molar-refractivity contribution is 5.97. The molecule has 1 fully saturated rings. The first kappa shape index (κ1) is 12.8. The summed E-state index contributed by atoms with van der Waals surface area (Å²) < 4.78 is 13.5. The van der Waals surface area contributed by atoms with Crippen molar-refractivity contribution in [1.82, 2.24) is 4.90 Å². The number of likely N-dealkylation sites (tertiary alicyclic amines) is 1. The van der Waals surface area contributed by atoms with Crippen LogP contribution in [0.1, 0.15) is 30.9 Å². The molecule has 0 saturated carbocycles. The second-order valence-corrected chi connectivity index (χ2v) is 4.80. The predicted octanol–water partition coefficient (Wildman–Crippen LogP) is 1.90. The minimum Gasteiger partial charge on any atom is -0.409 e. The van der Waals surface area contributed by atoms with Gasteiger partial charge in [-0.05, 0) is 50.1 Å². The zero-order valence-electron chi connectivity index (χ0n) is 10.4. The molecule has 1 atom stereocenters. The number of halogens is 1. The molecule has 0 aromatic heterocycles. The lowest BCUT2D eigenvalue weighted by Crippen LogP contribution is -2.26. The molecule has 1 saturated heterocycles. The first-order chi connectivity index (χ1) is 8.60. The molecule has 0 amide bonds. The van der Waals surface area contributed by atoms with Gasteiger partial charge in [-0.25, -0.2) is 4.39 Å². The van der Waals surface area contributed by atoms with Crippen LogP contribution in [0.2, 0.25) is 0 Å². The average molecular weight is 251 g/mol. The Kier molecular flexibility index (Phi) is 3.81. The van der Waals surface area contributed by atoms with Crippen molar-refractivity contribution in [2.24, 2.45) is 10.9 Å². The van der Waals surface area contributed by atoms with Gasteiger partial charge in [-0.15, -0.1) is 0 Å². The van der Waals surface area contributed by atoms with Crippen molar-refractivity contribution in [2.75, 3.05) is 6.54 Å². The third-order valence-electron chi connectivity index (χ3n) is 3.44. The van der Waals surface area contributed by atoms with E-state index in [1.54, 1.807) is 6.07 Å². The van der Waals surface area contributed by atoms with Crippen LogP contribution in [0.25, 0.3) is 0 Å². The van der Waals surface area contributed by atoms with Crippen LogP contribution in [0.15, 0.2) is 23.4 Å². The smallest absolute Gasteiger partial charge is 0.170 e. The Bertz CT molecular complexity index is 462. The van der Waals surface area contributed by atoms with Gasteiger partial charge in [0.15, 0.2) is 5.84 Å². The molecule has 18 heavy (non-hydrogen) atoms. The zero-order chi connectivity index (χ0) is 13.1. The number of amidine groups is 1. The van der Waals surface area contributed by atoms with Gasteiger partial charge in [-0.3, -0.25) is 4.90 Å². The number of hydrogen-bond acceptors (Lipinski definition) is 3. The van der Waals surface area contributed by atoms with Crippen molar-refractivity contribution in [3.05, 3.63) is 35.1 Å². The highest BCUT2D eigenvalue weighted by atomic mass is 19.1. The van der Waals surface area contributed by atoms with E-state index in [1.807, 2.05) is 0 Å². The van der Waals surface area contributed by atoms with E-state index in [4.69, 9.17) is 10.9 Å². The molecule has 0 bridgehead atoms. The van der Waals surface area contributed by atoms with Crippen molar-refractivity contribution >= 4 is 5.84 Å². The fourth-order valence-electron chi connectivity index (χ4n) is 2.41. The van der Waals surface area contributed by atoms with Gasteiger partial charge < -0.3 is 10.9 Å². The number of benzene rings is 1. The summed E-state index contributed by atoms with van der Waals surface area (Å²) in [5.41, 5.74) is 6.76. The molecule has 0 aliphatic carbocycles. The van der Waals surface area contributed by atoms with Crippen molar-refractivity contribution in [2.45, 2.75) is 32.4 Å². The van der Waals surface area contributed by atoms with Gasteiger partial charge >= 0.3 is 0 Å². The Morgan fingerprint density at radius 2 is 2.33 bits per heavy atom. The largest absolute Gasteiger partial charge is 0.409 e. The lowest BCUT2D eigenvalue weighted by Gasteiger charge is -2.21. The summed E-state index contributed by atoms with van der Waals surface area (Å²) in [6.07, 6.45) is 2.37. The highest BCUT2D eigenvalue weighted by Crippen LogP contribution is 2.20. The summed E-state index contributed by atoms with van der Waals surface area (Å²) in [6.45, 7) is 3.91. The number of nitrogens with zero attached hydrogens (tertiary/aromatic N) is 2. The van der Waals surface area contributed by atoms with Crippen LogP contribution in [0, 0.1) is 5.82 Å². The van der Waals surface area contributed by atoms with Gasteiger partial charge in [0.05, 0.1) is 0 Å². The van der Waals surface area contributed by atoms with Crippen LogP contribution >= 0.6 is 0 Å². The molecular formula is C13H18FN3O. The highest BCUT2D eigenvalue weighted by Gasteiger charge is 2.20. The van der Waals surface area contributed by atoms with Crippen molar-refractivity contribution in [3.63, 3.8) is 0 Å². The van der Waals surface area contributed by atoms with E-state index >= 15 is 0 Å². The maximum atomic E-state index is 13.5. The minimum absolute atomic E-state index is 0.0646. The standard InChI is InChI=1S/C13H18FN3O/c1-9-3-2-4-17(9)8-10-5-11(13(15)16-18)7-12(14)6-10/h5-7,9,18H,2-4,8H2,1H3,(H2,15,16). The summed E-state index contributed by atoms with van der Waals surface area (Å²) >= 11 is 0. The average Bonchev–Trinajstić information content (AvgIpc) is 2.73. The lowest BCUT2D eigenvalue weighted by molar-refractivity contribution is 0.260. The molecule has 1 aliphatic rings. The van der Waals surface area contributed by atoms with E-state index in [0.29, 0.717) is 18.2 Å². The predicted molar refractivity (Wildman–Crippen MR) is 68.0 cm³/mol. The molecule has 0 spiro atoms. The Hall–Kier alpha value is -1.62. The van der Waals surface area contributed by atoms with E-state index in [1.165, 1.54) is 25.0 Å². The van der Waals surface area contributed by atoms with Crippen LogP contribution < -0.4 is 5.73 Å². The lowest BCUT2D eigenvalue weighted by atomic mass is 10.1. The first-order valence-electron chi connectivity index (χ1n) is 6.11. The van der Waals surface area contributed by atoms with Gasteiger partial charge in [-0.1, -0.05) is 5.16 Å². The van der Waals surface area contributed by atoms with Crippen LogP contribution in [0.5, 0.6) is 0 Å². The van der Waals surface area contributed by atoms with Crippen molar-refractivity contribution < 1.29 is 9.60 Å². The zero-order valence-corrected chi connectivity index (χ0v) is 10.4. The fraction of sp³-hybridized carbons (Fsp3) is 0.462. The Labute approximate surface area is 106 Å². The van der Waals surface area contributed by atoms with Crippen LogP contribution in [-0.4, -0.2) is 28.5 Å². The molecule has 5 heteroatoms. The van der Waals surface area contributed by atoms with E-state index < -0.39 is 0 Å². The Balaban J connectivity index is 2.20. The molecule has 1 heterocycles. The monoisotopic (exact) mass is 251 g/mol. The van der Waals surface area contributed by atoms with Crippen LogP contribution in [0.4, 0.5) is 4.39 Å². The van der Waals surface area contributed by atoms with E-state index in [9.17, 15) is 4.39 Å². The third-order valence-corrected chi connectivity index (χ3v) is 3.44. The molecule has 1 unspecified atom stereocenters. The quantitative estimate of drug-likeness (QED) is 0.373. The van der Waals surface area contributed by atoms with Crippen molar-refractivity contribution in [1.29, 1.82) is 0 Å². The van der Waals surface area contributed by atoms with Crippen LogP contribution in [0.3, 0.4) is 0 Å².